The van der Waals surface area contributed by atoms with Crippen LogP contribution in [-0.2, 0) is 4.74 Å². The molecule has 0 radical (unpaired) electrons. The highest BCUT2D eigenvalue weighted by molar-refractivity contribution is 5.04. The van der Waals surface area contributed by atoms with Gasteiger partial charge in [-0.3, -0.25) is 0 Å². The lowest BCUT2D eigenvalue weighted by Crippen LogP contribution is -2.55. The summed E-state index contributed by atoms with van der Waals surface area (Å²) in [6, 6.07) is 0. The smallest absolute Gasteiger partial charge is 0.184 e. The molecule has 5 atom stereocenters. The molecule has 1 heterocycles. The van der Waals surface area contributed by atoms with Gasteiger partial charge in [-0.1, -0.05) is 5.11 Å². The number of hydrogen-bond acceptors (Lipinski definition) is 7. The molecular formula is C7H13N3O6. The van der Waals surface area contributed by atoms with Crippen molar-refractivity contribution in [2.45, 2.75) is 30.2 Å². The molecule has 1 fully saturated rings. The molecule has 0 aromatic rings. The monoisotopic (exact) mass is 235 g/mol. The predicted molar refractivity (Wildman–Crippen MR) is 48.9 cm³/mol. The van der Waals surface area contributed by atoms with Crippen LogP contribution in [0.2, 0.25) is 0 Å². The van der Waals surface area contributed by atoms with Crippen molar-refractivity contribution in [1.82, 2.24) is 0 Å². The van der Waals surface area contributed by atoms with Gasteiger partial charge in [-0.15, -0.1) is 0 Å². The summed E-state index contributed by atoms with van der Waals surface area (Å²) in [5.41, 5.74) is 5.99. The van der Waals surface area contributed by atoms with E-state index in [-0.39, 0.29) is 0 Å². The van der Waals surface area contributed by atoms with Gasteiger partial charge in [-0.25, -0.2) is 0 Å². The predicted octanol–water partition coefficient (Wildman–Crippen LogP) is -2.54. The SMILES string of the molecule is [N-]=[N+]=NC[C@]1(O)[C@@H](O)C(O)O[C@H]1[C@H](O)CO. The highest BCUT2D eigenvalue weighted by atomic mass is 16.7. The molecule has 0 bridgehead atoms. The van der Waals surface area contributed by atoms with Crippen molar-refractivity contribution < 1.29 is 30.3 Å². The standard InChI is InChI=1S/C7H13N3O6/c8-10-9-2-7(15)4(13)6(14)16-5(7)3(12)1-11/h3-6,11-15H,1-2H2/t3-,4+,5+,6?,7+/m1/s1. The second-order valence-corrected chi connectivity index (χ2v) is 3.52. The summed E-state index contributed by atoms with van der Waals surface area (Å²) in [6.45, 7) is -1.33. The Bertz CT molecular complexity index is 296. The van der Waals surface area contributed by atoms with E-state index < -0.39 is 43.4 Å². The van der Waals surface area contributed by atoms with Crippen LogP contribution in [0.15, 0.2) is 5.11 Å². The van der Waals surface area contributed by atoms with E-state index in [4.69, 9.17) is 15.4 Å². The minimum absolute atomic E-state index is 0.594. The lowest BCUT2D eigenvalue weighted by atomic mass is 9.89. The van der Waals surface area contributed by atoms with Crippen LogP contribution in [0.5, 0.6) is 0 Å². The quantitative estimate of drug-likeness (QED) is 0.205. The van der Waals surface area contributed by atoms with Crippen molar-refractivity contribution in [3.8, 4) is 0 Å². The van der Waals surface area contributed by atoms with Crippen LogP contribution in [0.25, 0.3) is 10.4 Å². The molecule has 0 aromatic heterocycles. The van der Waals surface area contributed by atoms with Gasteiger partial charge < -0.3 is 30.3 Å². The molecule has 1 aliphatic rings. The van der Waals surface area contributed by atoms with Crippen molar-refractivity contribution in [3.05, 3.63) is 10.4 Å². The molecule has 0 amide bonds. The van der Waals surface area contributed by atoms with Crippen molar-refractivity contribution >= 4 is 0 Å². The van der Waals surface area contributed by atoms with Crippen LogP contribution in [0, 0.1) is 0 Å². The Kier molecular flexibility index (Phi) is 4.05. The summed E-state index contributed by atoms with van der Waals surface area (Å²) in [6.07, 6.45) is -6.40. The largest absolute Gasteiger partial charge is 0.394 e. The third-order valence-electron chi connectivity index (χ3n) is 2.48. The molecule has 0 aromatic carbocycles. The van der Waals surface area contributed by atoms with Crippen LogP contribution < -0.4 is 0 Å². The first-order valence-electron chi connectivity index (χ1n) is 4.51. The molecule has 0 aliphatic carbocycles. The molecule has 1 unspecified atom stereocenters. The molecule has 0 spiro atoms. The summed E-state index contributed by atoms with van der Waals surface area (Å²) in [5, 5.41) is 49.7. The molecule has 9 heteroatoms. The van der Waals surface area contributed by atoms with E-state index in [1.54, 1.807) is 0 Å². The Morgan fingerprint density at radius 3 is 2.62 bits per heavy atom. The maximum atomic E-state index is 9.95. The average Bonchev–Trinajstić information content (AvgIpc) is 2.51. The Balaban J connectivity index is 2.93. The van der Waals surface area contributed by atoms with Gasteiger partial charge in [-0.05, 0) is 5.53 Å². The summed E-state index contributed by atoms with van der Waals surface area (Å²) < 4.78 is 4.70. The third-order valence-corrected chi connectivity index (χ3v) is 2.48. The lowest BCUT2D eigenvalue weighted by Gasteiger charge is -2.31. The van der Waals surface area contributed by atoms with E-state index in [0.29, 0.717) is 0 Å². The molecule has 9 nitrogen and oxygen atoms in total. The molecule has 0 saturated carbocycles. The maximum Gasteiger partial charge on any atom is 0.184 e. The lowest BCUT2D eigenvalue weighted by molar-refractivity contribution is -0.153. The van der Waals surface area contributed by atoms with Crippen LogP contribution in [-0.4, -0.2) is 68.9 Å². The maximum absolute atomic E-state index is 9.95. The summed E-state index contributed by atoms with van der Waals surface area (Å²) in [7, 11) is 0. The van der Waals surface area contributed by atoms with Crippen molar-refractivity contribution in [3.63, 3.8) is 0 Å². The number of azide groups is 1. The molecule has 92 valence electrons. The number of nitrogens with zero attached hydrogens (tertiary/aromatic N) is 3. The normalized spacial score (nSPS) is 40.4. The van der Waals surface area contributed by atoms with E-state index in [9.17, 15) is 20.4 Å². The van der Waals surface area contributed by atoms with Gasteiger partial charge >= 0.3 is 0 Å². The molecule has 1 rings (SSSR count). The Hall–Kier alpha value is -0.930. The molecule has 5 N–H and O–H groups in total. The van der Waals surface area contributed by atoms with Gasteiger partial charge in [0, 0.05) is 4.91 Å². The molecular weight excluding hydrogens is 222 g/mol. The fraction of sp³-hybridized carbons (Fsp3) is 1.00. The summed E-state index contributed by atoms with van der Waals surface area (Å²) in [5.74, 6) is 0. The fourth-order valence-electron chi connectivity index (χ4n) is 1.61. The molecule has 1 saturated heterocycles. The topological polar surface area (TPSA) is 159 Å². The number of aliphatic hydroxyl groups excluding tert-OH is 4. The zero-order valence-electron chi connectivity index (χ0n) is 8.21. The molecule has 1 aliphatic heterocycles. The minimum atomic E-state index is -2.13. The zero-order chi connectivity index (χ0) is 12.3. The van der Waals surface area contributed by atoms with E-state index >= 15 is 0 Å². The van der Waals surface area contributed by atoms with Gasteiger partial charge in [-0.2, -0.15) is 0 Å². The van der Waals surface area contributed by atoms with Crippen molar-refractivity contribution in [1.29, 1.82) is 0 Å². The van der Waals surface area contributed by atoms with Gasteiger partial charge in [0.15, 0.2) is 6.29 Å². The van der Waals surface area contributed by atoms with Crippen LogP contribution in [0.1, 0.15) is 0 Å². The number of rotatable bonds is 4. The molecule has 16 heavy (non-hydrogen) atoms. The average molecular weight is 235 g/mol. The van der Waals surface area contributed by atoms with Crippen molar-refractivity contribution in [2.24, 2.45) is 5.11 Å². The van der Waals surface area contributed by atoms with E-state index in [1.807, 2.05) is 0 Å². The van der Waals surface area contributed by atoms with Crippen molar-refractivity contribution in [2.75, 3.05) is 13.2 Å². The Morgan fingerprint density at radius 2 is 2.12 bits per heavy atom. The first kappa shape index (κ1) is 13.1. The highest BCUT2D eigenvalue weighted by Crippen LogP contribution is 2.32. The Labute approximate surface area is 90.1 Å². The number of hydrogen-bond donors (Lipinski definition) is 5. The number of aliphatic hydroxyl groups is 5. The summed E-state index contributed by atoms with van der Waals surface area (Å²) in [4.78, 5) is 2.40. The second kappa shape index (κ2) is 4.93. The van der Waals surface area contributed by atoms with Gasteiger partial charge in [0.2, 0.25) is 0 Å². The minimum Gasteiger partial charge on any atom is -0.394 e. The van der Waals surface area contributed by atoms with Crippen LogP contribution in [0.4, 0.5) is 0 Å². The highest BCUT2D eigenvalue weighted by Gasteiger charge is 2.56. The van der Waals surface area contributed by atoms with E-state index in [2.05, 4.69) is 10.0 Å². The Morgan fingerprint density at radius 1 is 1.50 bits per heavy atom. The van der Waals surface area contributed by atoms with E-state index in [1.165, 1.54) is 0 Å². The van der Waals surface area contributed by atoms with E-state index in [0.717, 1.165) is 0 Å². The fourth-order valence-corrected chi connectivity index (χ4v) is 1.61. The number of ether oxygens (including phenoxy) is 1. The van der Waals surface area contributed by atoms with Gasteiger partial charge in [0.1, 0.15) is 23.9 Å². The van der Waals surface area contributed by atoms with Crippen LogP contribution in [0.3, 0.4) is 0 Å². The second-order valence-electron chi connectivity index (χ2n) is 3.52. The zero-order valence-corrected chi connectivity index (χ0v) is 8.21. The third kappa shape index (κ3) is 2.11. The summed E-state index contributed by atoms with van der Waals surface area (Å²) >= 11 is 0. The van der Waals surface area contributed by atoms with Crippen LogP contribution >= 0.6 is 0 Å². The van der Waals surface area contributed by atoms with Gasteiger partial charge in [0.25, 0.3) is 0 Å². The first-order chi connectivity index (χ1) is 7.47. The van der Waals surface area contributed by atoms with Gasteiger partial charge in [0.05, 0.1) is 13.2 Å². The first-order valence-corrected chi connectivity index (χ1v) is 4.51.